The molecule has 116 valence electrons. The summed E-state index contributed by atoms with van der Waals surface area (Å²) in [4.78, 5) is 0. The van der Waals surface area contributed by atoms with Gasteiger partial charge < -0.3 is 15.2 Å². The lowest BCUT2D eigenvalue weighted by molar-refractivity contribution is 0.353. The molecule has 2 unspecified atom stereocenters. The van der Waals surface area contributed by atoms with Crippen LogP contribution in [0, 0.1) is 12.3 Å². The molecule has 0 saturated heterocycles. The quantitative estimate of drug-likeness (QED) is 0.725. The summed E-state index contributed by atoms with van der Waals surface area (Å²) in [5, 5.41) is 3.85. The van der Waals surface area contributed by atoms with Gasteiger partial charge in [-0.3, -0.25) is 5.32 Å². The third-order valence-corrected chi connectivity index (χ3v) is 3.70. The van der Waals surface area contributed by atoms with Gasteiger partial charge in [0.2, 0.25) is 0 Å². The van der Waals surface area contributed by atoms with Crippen molar-refractivity contribution < 1.29 is 9.47 Å². The van der Waals surface area contributed by atoms with E-state index in [4.69, 9.17) is 33.2 Å². The summed E-state index contributed by atoms with van der Waals surface area (Å²) in [6, 6.07) is 3.53. The standard InChI is InChI=1S/C16H23ClN2O2/c1-5-7-11(6-2)19-13(10-18)12-8-9-14(20-3)16(21-4)15(12)17/h2,8-9,11,13,19H,5,7,10,18H2,1,3-4H3. The van der Waals surface area contributed by atoms with Gasteiger partial charge in [0, 0.05) is 12.6 Å². The second-order valence-electron chi connectivity index (χ2n) is 4.67. The number of halogens is 1. The smallest absolute Gasteiger partial charge is 0.179 e. The molecule has 0 saturated carbocycles. The van der Waals surface area contributed by atoms with Crippen LogP contribution in [0.3, 0.4) is 0 Å². The van der Waals surface area contributed by atoms with Gasteiger partial charge in [0.05, 0.1) is 25.3 Å². The highest BCUT2D eigenvalue weighted by atomic mass is 35.5. The van der Waals surface area contributed by atoms with Gasteiger partial charge in [-0.2, -0.15) is 0 Å². The molecule has 0 aliphatic heterocycles. The van der Waals surface area contributed by atoms with E-state index in [0.29, 0.717) is 23.1 Å². The van der Waals surface area contributed by atoms with Crippen LogP contribution in [0.25, 0.3) is 0 Å². The summed E-state index contributed by atoms with van der Waals surface area (Å²) in [5.74, 6) is 3.83. The highest BCUT2D eigenvalue weighted by Crippen LogP contribution is 2.39. The lowest BCUT2D eigenvalue weighted by atomic mass is 10.0. The number of nitrogens with two attached hydrogens (primary N) is 1. The fourth-order valence-corrected chi connectivity index (χ4v) is 2.57. The second kappa shape index (κ2) is 8.78. The maximum atomic E-state index is 6.42. The summed E-state index contributed by atoms with van der Waals surface area (Å²) in [6.45, 7) is 2.48. The number of hydrogen-bond donors (Lipinski definition) is 2. The maximum absolute atomic E-state index is 6.42. The topological polar surface area (TPSA) is 56.5 Å². The highest BCUT2D eigenvalue weighted by molar-refractivity contribution is 6.33. The van der Waals surface area contributed by atoms with Crippen molar-refractivity contribution in [1.82, 2.24) is 5.32 Å². The Labute approximate surface area is 132 Å². The number of terminal acetylenes is 1. The van der Waals surface area contributed by atoms with Gasteiger partial charge in [-0.25, -0.2) is 0 Å². The minimum Gasteiger partial charge on any atom is -0.493 e. The fourth-order valence-electron chi connectivity index (χ4n) is 2.20. The summed E-state index contributed by atoms with van der Waals surface area (Å²) in [7, 11) is 3.13. The van der Waals surface area contributed by atoms with Crippen molar-refractivity contribution in [3.8, 4) is 23.8 Å². The molecule has 0 amide bonds. The van der Waals surface area contributed by atoms with Gasteiger partial charge in [-0.15, -0.1) is 6.42 Å². The van der Waals surface area contributed by atoms with E-state index >= 15 is 0 Å². The molecule has 4 nitrogen and oxygen atoms in total. The molecule has 0 bridgehead atoms. The maximum Gasteiger partial charge on any atom is 0.179 e. The van der Waals surface area contributed by atoms with Crippen molar-refractivity contribution in [3.63, 3.8) is 0 Å². The predicted octanol–water partition coefficient (Wildman–Crippen LogP) is 2.75. The van der Waals surface area contributed by atoms with E-state index in [9.17, 15) is 0 Å². The van der Waals surface area contributed by atoms with E-state index in [1.165, 1.54) is 0 Å². The Balaban J connectivity index is 3.09. The van der Waals surface area contributed by atoms with E-state index in [-0.39, 0.29) is 12.1 Å². The first-order valence-corrected chi connectivity index (χ1v) is 7.33. The van der Waals surface area contributed by atoms with Gasteiger partial charge in [0.15, 0.2) is 11.5 Å². The molecule has 0 aromatic heterocycles. The first-order chi connectivity index (χ1) is 10.1. The number of rotatable bonds is 8. The molecule has 5 heteroatoms. The average Bonchev–Trinajstić information content (AvgIpc) is 2.51. The number of nitrogens with one attached hydrogen (secondary N) is 1. The van der Waals surface area contributed by atoms with Crippen LogP contribution in [0.4, 0.5) is 0 Å². The summed E-state index contributed by atoms with van der Waals surface area (Å²) in [6.07, 6.45) is 7.43. The third-order valence-electron chi connectivity index (χ3n) is 3.31. The molecular weight excluding hydrogens is 288 g/mol. The number of hydrogen-bond acceptors (Lipinski definition) is 4. The summed E-state index contributed by atoms with van der Waals surface area (Å²) in [5.41, 5.74) is 6.73. The normalized spacial score (nSPS) is 13.3. The fraction of sp³-hybridized carbons (Fsp3) is 0.500. The molecule has 1 aromatic carbocycles. The number of ether oxygens (including phenoxy) is 2. The lowest BCUT2D eigenvalue weighted by Crippen LogP contribution is -2.36. The molecule has 0 fully saturated rings. The van der Waals surface area contributed by atoms with Gasteiger partial charge in [-0.1, -0.05) is 36.9 Å². The molecule has 0 spiro atoms. The molecule has 3 N–H and O–H groups in total. The first-order valence-electron chi connectivity index (χ1n) is 6.95. The first kappa shape index (κ1) is 17.6. The highest BCUT2D eigenvalue weighted by Gasteiger charge is 2.21. The average molecular weight is 311 g/mol. The van der Waals surface area contributed by atoms with Gasteiger partial charge in [0.1, 0.15) is 0 Å². The molecule has 2 atom stereocenters. The van der Waals surface area contributed by atoms with Crippen molar-refractivity contribution in [2.24, 2.45) is 5.73 Å². The zero-order valence-electron chi connectivity index (χ0n) is 12.8. The molecular formula is C16H23ClN2O2. The zero-order chi connectivity index (χ0) is 15.8. The second-order valence-corrected chi connectivity index (χ2v) is 5.05. The van der Waals surface area contributed by atoms with Crippen LogP contribution in [0.1, 0.15) is 31.4 Å². The van der Waals surface area contributed by atoms with E-state index in [1.807, 2.05) is 12.1 Å². The van der Waals surface area contributed by atoms with Crippen molar-refractivity contribution >= 4 is 11.6 Å². The molecule has 0 heterocycles. The van der Waals surface area contributed by atoms with Crippen LogP contribution in [0.15, 0.2) is 12.1 Å². The molecule has 0 aliphatic carbocycles. The van der Waals surface area contributed by atoms with Gasteiger partial charge in [-0.05, 0) is 18.1 Å². The molecule has 1 aromatic rings. The Bertz CT molecular complexity index is 500. The lowest BCUT2D eigenvalue weighted by Gasteiger charge is -2.24. The van der Waals surface area contributed by atoms with Crippen LogP contribution < -0.4 is 20.5 Å². The van der Waals surface area contributed by atoms with Crippen LogP contribution in [0.5, 0.6) is 11.5 Å². The van der Waals surface area contributed by atoms with Crippen LogP contribution >= 0.6 is 11.6 Å². The number of benzene rings is 1. The largest absolute Gasteiger partial charge is 0.493 e. The molecule has 0 radical (unpaired) electrons. The Kier molecular flexibility index (Phi) is 7.38. The third kappa shape index (κ3) is 4.28. The molecule has 1 rings (SSSR count). The van der Waals surface area contributed by atoms with E-state index in [2.05, 4.69) is 18.2 Å². The monoisotopic (exact) mass is 310 g/mol. The van der Waals surface area contributed by atoms with Crippen molar-refractivity contribution in [1.29, 1.82) is 0 Å². The van der Waals surface area contributed by atoms with E-state index in [1.54, 1.807) is 14.2 Å². The summed E-state index contributed by atoms with van der Waals surface area (Å²) < 4.78 is 10.5. The van der Waals surface area contributed by atoms with Crippen molar-refractivity contribution in [3.05, 3.63) is 22.7 Å². The van der Waals surface area contributed by atoms with Crippen molar-refractivity contribution in [2.75, 3.05) is 20.8 Å². The van der Waals surface area contributed by atoms with E-state index in [0.717, 1.165) is 18.4 Å². The van der Waals surface area contributed by atoms with Gasteiger partial charge in [0.25, 0.3) is 0 Å². The zero-order valence-corrected chi connectivity index (χ0v) is 13.5. The minimum atomic E-state index is -0.134. The minimum absolute atomic E-state index is 0.0345. The predicted molar refractivity (Wildman–Crippen MR) is 87.0 cm³/mol. The van der Waals surface area contributed by atoms with Gasteiger partial charge >= 0.3 is 0 Å². The van der Waals surface area contributed by atoms with Crippen molar-refractivity contribution in [2.45, 2.75) is 31.8 Å². The Morgan fingerprint density at radius 3 is 2.57 bits per heavy atom. The SMILES string of the molecule is C#CC(CCC)NC(CN)c1ccc(OC)c(OC)c1Cl. The van der Waals surface area contributed by atoms with Crippen LogP contribution in [-0.2, 0) is 0 Å². The Hall–Kier alpha value is -1.41. The Morgan fingerprint density at radius 2 is 2.10 bits per heavy atom. The van der Waals surface area contributed by atoms with Crippen LogP contribution in [0.2, 0.25) is 5.02 Å². The number of methoxy groups -OCH3 is 2. The van der Waals surface area contributed by atoms with E-state index < -0.39 is 0 Å². The molecule has 0 aliphatic rings. The summed E-state index contributed by atoms with van der Waals surface area (Å²) >= 11 is 6.42. The Morgan fingerprint density at radius 1 is 1.38 bits per heavy atom. The molecule has 21 heavy (non-hydrogen) atoms. The van der Waals surface area contributed by atoms with Crippen LogP contribution in [-0.4, -0.2) is 26.8 Å².